The third-order valence-electron chi connectivity index (χ3n) is 4.83. The van der Waals surface area contributed by atoms with E-state index in [1.165, 1.54) is 12.3 Å². The Hall–Kier alpha value is -3.94. The topological polar surface area (TPSA) is 176 Å². The van der Waals surface area contributed by atoms with Crippen molar-refractivity contribution in [3.63, 3.8) is 0 Å². The molecule has 0 saturated carbocycles. The molecule has 0 spiro atoms. The molecule has 2 aromatic rings. The zero-order valence-electron chi connectivity index (χ0n) is 18.9. The highest BCUT2D eigenvalue weighted by Crippen LogP contribution is 2.09. The number of ether oxygens (including phenoxy) is 2. The summed E-state index contributed by atoms with van der Waals surface area (Å²) in [5.74, 6) is -2.69. The van der Waals surface area contributed by atoms with Gasteiger partial charge in [0.15, 0.2) is 0 Å². The van der Waals surface area contributed by atoms with E-state index >= 15 is 0 Å². The first-order valence-corrected chi connectivity index (χ1v) is 10.9. The Morgan fingerprint density at radius 3 is 2.71 bits per heavy atom. The second kappa shape index (κ2) is 13.1. The maximum atomic E-state index is 12.5. The number of hydrogen-bond donors (Lipinski definition) is 6. The predicted octanol–water partition coefficient (Wildman–Crippen LogP) is 0.0981. The molecule has 0 fully saturated rings. The first kappa shape index (κ1) is 25.7. The maximum absolute atomic E-state index is 12.5. The molecule has 2 heterocycles. The number of amides is 2. The Labute approximate surface area is 201 Å². The first-order chi connectivity index (χ1) is 17.0. The molecule has 1 aliphatic heterocycles. The van der Waals surface area contributed by atoms with Gasteiger partial charge >= 0.3 is 12.1 Å². The Bertz CT molecular complexity index is 985. The maximum Gasteiger partial charge on any atom is 0.409 e. The monoisotopic (exact) mass is 488 g/mol. The molecule has 0 bridgehead atoms. The van der Waals surface area contributed by atoms with Crippen molar-refractivity contribution < 1.29 is 33.5 Å². The largest absolute Gasteiger partial charge is 0.478 e. The van der Waals surface area contributed by atoms with E-state index in [2.05, 4.69) is 31.7 Å². The number of alkyl carbamates (subject to hydrolysis) is 1. The van der Waals surface area contributed by atoms with Gasteiger partial charge in [0.1, 0.15) is 12.9 Å². The van der Waals surface area contributed by atoms with Crippen molar-refractivity contribution in [2.75, 3.05) is 26.3 Å². The van der Waals surface area contributed by atoms with E-state index in [1.807, 2.05) is 18.3 Å². The van der Waals surface area contributed by atoms with Crippen LogP contribution in [0.3, 0.4) is 0 Å². The number of carboxylic acids is 1. The Kier molecular flexibility index (Phi) is 9.59. The smallest absolute Gasteiger partial charge is 0.409 e. The SMILES string of the molecule is O=C(NC(COCCCNC1NC=CCN1)(NC(=O)c1ccno1)C(=O)O)OCc1ccccc1. The molecule has 35 heavy (non-hydrogen) atoms. The van der Waals surface area contributed by atoms with Crippen molar-refractivity contribution >= 4 is 18.0 Å². The number of hydrogen-bond acceptors (Lipinski definition) is 10. The fraction of sp³-hybridized carbons (Fsp3) is 0.364. The highest BCUT2D eigenvalue weighted by Gasteiger charge is 2.43. The highest BCUT2D eigenvalue weighted by atomic mass is 16.6. The third kappa shape index (κ3) is 8.10. The molecule has 2 amide bonds. The van der Waals surface area contributed by atoms with Gasteiger partial charge in [-0.3, -0.25) is 20.7 Å². The summed E-state index contributed by atoms with van der Waals surface area (Å²) in [6.07, 6.45) is 4.41. The van der Waals surface area contributed by atoms with E-state index in [0.29, 0.717) is 18.5 Å². The molecular formula is C22H28N6O7. The highest BCUT2D eigenvalue weighted by molar-refractivity contribution is 5.96. The van der Waals surface area contributed by atoms with E-state index in [9.17, 15) is 19.5 Å². The summed E-state index contributed by atoms with van der Waals surface area (Å²) in [7, 11) is 0. The third-order valence-corrected chi connectivity index (χ3v) is 4.83. The molecule has 3 rings (SSSR count). The lowest BCUT2D eigenvalue weighted by Crippen LogP contribution is -2.68. The summed E-state index contributed by atoms with van der Waals surface area (Å²) >= 11 is 0. The van der Waals surface area contributed by atoms with Gasteiger partial charge in [0.2, 0.25) is 11.4 Å². The number of aliphatic carboxylic acids is 1. The van der Waals surface area contributed by atoms with Crippen LogP contribution < -0.4 is 26.6 Å². The summed E-state index contributed by atoms with van der Waals surface area (Å²) in [5, 5.41) is 27.3. The predicted molar refractivity (Wildman–Crippen MR) is 122 cm³/mol. The van der Waals surface area contributed by atoms with Gasteiger partial charge in [0, 0.05) is 25.8 Å². The molecule has 1 aromatic heterocycles. The molecule has 0 radical (unpaired) electrons. The fourth-order valence-corrected chi connectivity index (χ4v) is 3.04. The summed E-state index contributed by atoms with van der Waals surface area (Å²) in [6.45, 7) is 0.799. The molecule has 2 unspecified atom stereocenters. The number of aromatic nitrogens is 1. The zero-order valence-corrected chi connectivity index (χ0v) is 18.9. The molecule has 1 aliphatic rings. The molecule has 6 N–H and O–H groups in total. The van der Waals surface area contributed by atoms with Crippen LogP contribution in [0.4, 0.5) is 4.79 Å². The Morgan fingerprint density at radius 1 is 1.20 bits per heavy atom. The van der Waals surface area contributed by atoms with Crippen molar-refractivity contribution in [2.24, 2.45) is 0 Å². The van der Waals surface area contributed by atoms with Crippen LogP contribution in [0.25, 0.3) is 0 Å². The summed E-state index contributed by atoms with van der Waals surface area (Å²) in [5.41, 5.74) is -1.61. The van der Waals surface area contributed by atoms with Crippen molar-refractivity contribution in [2.45, 2.75) is 25.0 Å². The summed E-state index contributed by atoms with van der Waals surface area (Å²) < 4.78 is 15.4. The van der Waals surface area contributed by atoms with Crippen LogP contribution in [0.1, 0.15) is 22.5 Å². The Balaban J connectivity index is 1.57. The average molecular weight is 489 g/mol. The van der Waals surface area contributed by atoms with E-state index in [-0.39, 0.29) is 25.3 Å². The van der Waals surface area contributed by atoms with E-state index in [4.69, 9.17) is 14.0 Å². The summed E-state index contributed by atoms with van der Waals surface area (Å²) in [6, 6.07) is 10.1. The van der Waals surface area contributed by atoms with E-state index in [1.54, 1.807) is 24.3 Å². The minimum absolute atomic E-state index is 0.0830. The second-order valence-corrected chi connectivity index (χ2v) is 7.50. The normalized spacial score (nSPS) is 16.5. The van der Waals surface area contributed by atoms with Gasteiger partial charge in [-0.25, -0.2) is 9.59 Å². The number of benzene rings is 1. The van der Waals surface area contributed by atoms with Crippen molar-refractivity contribution in [3.05, 3.63) is 66.2 Å². The van der Waals surface area contributed by atoms with Gasteiger partial charge in [-0.1, -0.05) is 41.6 Å². The molecular weight excluding hydrogens is 460 g/mol. The van der Waals surface area contributed by atoms with Gasteiger partial charge in [-0.2, -0.15) is 0 Å². The molecule has 0 aliphatic carbocycles. The number of carbonyl (C=O) groups excluding carboxylic acids is 2. The van der Waals surface area contributed by atoms with Gasteiger partial charge < -0.3 is 29.7 Å². The van der Waals surface area contributed by atoms with Crippen LogP contribution in [0, 0.1) is 0 Å². The number of carboxylic acid groups (broad SMARTS) is 1. The Morgan fingerprint density at radius 2 is 2.03 bits per heavy atom. The van der Waals surface area contributed by atoms with Crippen molar-refractivity contribution in [1.82, 2.24) is 31.7 Å². The number of rotatable bonds is 13. The fourth-order valence-electron chi connectivity index (χ4n) is 3.04. The van der Waals surface area contributed by atoms with Crippen LogP contribution in [0.15, 0.2) is 59.4 Å². The molecule has 0 saturated heterocycles. The van der Waals surface area contributed by atoms with E-state index < -0.39 is 30.2 Å². The van der Waals surface area contributed by atoms with Crippen LogP contribution in [-0.4, -0.2) is 66.5 Å². The van der Waals surface area contributed by atoms with Gasteiger partial charge in [-0.05, 0) is 18.2 Å². The summed E-state index contributed by atoms with van der Waals surface area (Å²) in [4.78, 5) is 37.2. The number of nitrogens with one attached hydrogen (secondary N) is 5. The van der Waals surface area contributed by atoms with Gasteiger partial charge in [0.25, 0.3) is 5.91 Å². The molecule has 13 heteroatoms. The molecule has 2 atom stereocenters. The van der Waals surface area contributed by atoms with E-state index in [0.717, 1.165) is 6.54 Å². The van der Waals surface area contributed by atoms with Crippen LogP contribution in [0.5, 0.6) is 0 Å². The number of carbonyl (C=O) groups is 3. The van der Waals surface area contributed by atoms with Crippen molar-refractivity contribution in [1.29, 1.82) is 0 Å². The number of nitrogens with zero attached hydrogens (tertiary/aromatic N) is 1. The van der Waals surface area contributed by atoms with Crippen molar-refractivity contribution in [3.8, 4) is 0 Å². The second-order valence-electron chi connectivity index (χ2n) is 7.50. The van der Waals surface area contributed by atoms with Gasteiger partial charge in [-0.15, -0.1) is 0 Å². The first-order valence-electron chi connectivity index (χ1n) is 10.9. The van der Waals surface area contributed by atoms with Gasteiger partial charge in [0.05, 0.1) is 12.8 Å². The zero-order chi connectivity index (χ0) is 24.9. The molecule has 188 valence electrons. The standard InChI is InChI=1S/C22H28N6O7/c29-18(17-8-12-26-35-17)27-22(19(30)31,28-21(32)34-14-16-6-2-1-3-7-16)15-33-13-5-11-25-20-23-9-4-10-24-20/h1-4,6-9,12,20,23-25H,5,10-11,13-15H2,(H,27,29)(H,28,32)(H,30,31). The van der Waals surface area contributed by atoms with Crippen LogP contribution in [-0.2, 0) is 20.9 Å². The van der Waals surface area contributed by atoms with Crippen LogP contribution >= 0.6 is 0 Å². The minimum atomic E-state index is -2.32. The lowest BCUT2D eigenvalue weighted by molar-refractivity contribution is -0.149. The average Bonchev–Trinajstić information content (AvgIpc) is 3.41. The lowest BCUT2D eigenvalue weighted by atomic mass is 10.1. The molecule has 13 nitrogen and oxygen atoms in total. The van der Waals surface area contributed by atoms with Crippen LogP contribution in [0.2, 0.25) is 0 Å². The minimum Gasteiger partial charge on any atom is -0.478 e. The quantitative estimate of drug-likeness (QED) is 0.166. The molecule has 1 aromatic carbocycles. The lowest BCUT2D eigenvalue weighted by Gasteiger charge is -2.30.